The molecule has 9 nitrogen and oxygen atoms in total. The van der Waals surface area contributed by atoms with Crippen LogP contribution in [0.15, 0.2) is 60.6 Å². The molecule has 2 heterocycles. The Bertz CT molecular complexity index is 1170. The van der Waals surface area contributed by atoms with E-state index in [1.807, 2.05) is 5.38 Å². The minimum atomic E-state index is -0.741. The Kier molecular flexibility index (Phi) is 10.7. The van der Waals surface area contributed by atoms with Crippen LogP contribution in [0.4, 0.5) is 4.39 Å². The van der Waals surface area contributed by atoms with Gasteiger partial charge >= 0.3 is 5.97 Å². The number of ether oxygens (including phenoxy) is 1. The third-order valence-corrected chi connectivity index (χ3v) is 6.63. The Balaban J connectivity index is 1.95. The Labute approximate surface area is 222 Å². The molecule has 1 aliphatic heterocycles. The van der Waals surface area contributed by atoms with Crippen molar-refractivity contribution in [2.75, 3.05) is 26.2 Å². The molecule has 0 fully saturated rings. The summed E-state index contributed by atoms with van der Waals surface area (Å²) >= 11 is 4.84. The lowest BCUT2D eigenvalue weighted by atomic mass is 9.95. The number of benzene rings is 1. The average Bonchev–Trinajstić information content (AvgIpc) is 3.40. The minimum absolute atomic E-state index is 0.196. The van der Waals surface area contributed by atoms with Gasteiger partial charge in [-0.15, -0.1) is 11.3 Å². The SMILES string of the molecule is CCCCN=C/C(CNCC1=C(C(=O)OCC)C(c2ccc(F)cc2Br)N=C(c2nccs2)N1)=N\N. The number of hydrogen-bond donors (Lipinski definition) is 3. The van der Waals surface area contributed by atoms with Crippen molar-refractivity contribution in [1.29, 1.82) is 0 Å². The van der Waals surface area contributed by atoms with Crippen molar-refractivity contribution in [3.8, 4) is 0 Å². The van der Waals surface area contributed by atoms with Crippen LogP contribution in [-0.4, -0.2) is 55.0 Å². The molecule has 0 aliphatic carbocycles. The predicted molar refractivity (Wildman–Crippen MR) is 145 cm³/mol. The number of carbonyl (C=O) groups excluding carboxylic acids is 1. The Hall–Kier alpha value is -2.96. The third kappa shape index (κ3) is 7.28. The zero-order valence-electron chi connectivity index (χ0n) is 20.1. The van der Waals surface area contributed by atoms with E-state index >= 15 is 0 Å². The van der Waals surface area contributed by atoms with E-state index in [9.17, 15) is 9.18 Å². The first-order chi connectivity index (χ1) is 17.5. The molecule has 1 aromatic heterocycles. The van der Waals surface area contributed by atoms with Gasteiger partial charge < -0.3 is 21.2 Å². The molecule has 12 heteroatoms. The highest BCUT2D eigenvalue weighted by Crippen LogP contribution is 2.36. The largest absolute Gasteiger partial charge is 0.463 e. The van der Waals surface area contributed by atoms with Crippen molar-refractivity contribution < 1.29 is 13.9 Å². The number of amidine groups is 1. The van der Waals surface area contributed by atoms with Crippen molar-refractivity contribution in [3.63, 3.8) is 0 Å². The van der Waals surface area contributed by atoms with Crippen LogP contribution in [0.2, 0.25) is 0 Å². The van der Waals surface area contributed by atoms with E-state index in [0.29, 0.717) is 51.0 Å². The highest BCUT2D eigenvalue weighted by molar-refractivity contribution is 9.10. The number of halogens is 2. The van der Waals surface area contributed by atoms with E-state index < -0.39 is 17.8 Å². The molecule has 1 atom stereocenters. The van der Waals surface area contributed by atoms with Gasteiger partial charge in [0.25, 0.3) is 0 Å². The molecule has 192 valence electrons. The highest BCUT2D eigenvalue weighted by atomic mass is 79.9. The number of esters is 1. The molecule has 1 aliphatic rings. The first-order valence-electron chi connectivity index (χ1n) is 11.6. The second-order valence-corrected chi connectivity index (χ2v) is 9.48. The third-order valence-electron chi connectivity index (χ3n) is 5.17. The van der Waals surface area contributed by atoms with Crippen LogP contribution in [-0.2, 0) is 9.53 Å². The molecule has 4 N–H and O–H groups in total. The summed E-state index contributed by atoms with van der Waals surface area (Å²) in [7, 11) is 0. The molecule has 0 saturated heterocycles. The van der Waals surface area contributed by atoms with Gasteiger partial charge in [-0.05, 0) is 31.0 Å². The topological polar surface area (TPSA) is 126 Å². The zero-order chi connectivity index (χ0) is 25.9. The van der Waals surface area contributed by atoms with Crippen molar-refractivity contribution in [2.24, 2.45) is 20.9 Å². The van der Waals surface area contributed by atoms with Crippen LogP contribution in [0.5, 0.6) is 0 Å². The Morgan fingerprint density at radius 1 is 1.42 bits per heavy atom. The summed E-state index contributed by atoms with van der Waals surface area (Å²) in [6.07, 6.45) is 5.37. The van der Waals surface area contributed by atoms with Gasteiger partial charge in [0.1, 0.15) is 11.9 Å². The van der Waals surface area contributed by atoms with Crippen LogP contribution >= 0.6 is 27.3 Å². The molecule has 0 bridgehead atoms. The fourth-order valence-electron chi connectivity index (χ4n) is 3.44. The summed E-state index contributed by atoms with van der Waals surface area (Å²) in [6, 6.07) is 3.55. The molecule has 0 amide bonds. The molecule has 0 saturated carbocycles. The summed E-state index contributed by atoms with van der Waals surface area (Å²) in [5.74, 6) is 5.12. The molecule has 0 spiro atoms. The monoisotopic (exact) mass is 577 g/mol. The summed E-state index contributed by atoms with van der Waals surface area (Å²) in [5.41, 5.74) is 2.08. The van der Waals surface area contributed by atoms with E-state index in [1.165, 1.54) is 23.5 Å². The lowest BCUT2D eigenvalue weighted by Gasteiger charge is -2.27. The van der Waals surface area contributed by atoms with Crippen LogP contribution in [0.3, 0.4) is 0 Å². The number of nitrogens with two attached hydrogens (primary N) is 1. The van der Waals surface area contributed by atoms with E-state index in [0.717, 1.165) is 12.8 Å². The van der Waals surface area contributed by atoms with Gasteiger partial charge in [0.2, 0.25) is 0 Å². The fourth-order valence-corrected chi connectivity index (χ4v) is 4.60. The molecule has 1 unspecified atom stereocenters. The van der Waals surface area contributed by atoms with Crippen LogP contribution < -0.4 is 16.5 Å². The Morgan fingerprint density at radius 2 is 2.25 bits per heavy atom. The number of aromatic nitrogens is 1. The maximum Gasteiger partial charge on any atom is 0.338 e. The number of rotatable bonds is 12. The van der Waals surface area contributed by atoms with Gasteiger partial charge in [0.15, 0.2) is 10.8 Å². The van der Waals surface area contributed by atoms with Gasteiger partial charge in [-0.1, -0.05) is 35.3 Å². The van der Waals surface area contributed by atoms with Gasteiger partial charge in [-0.25, -0.2) is 14.2 Å². The normalized spacial score (nSPS) is 16.3. The predicted octanol–water partition coefficient (Wildman–Crippen LogP) is 3.73. The summed E-state index contributed by atoms with van der Waals surface area (Å²) in [4.78, 5) is 26.6. The zero-order valence-corrected chi connectivity index (χ0v) is 22.5. The number of thiazole rings is 1. The van der Waals surface area contributed by atoms with E-state index in [-0.39, 0.29) is 13.2 Å². The lowest BCUT2D eigenvalue weighted by molar-refractivity contribution is -0.139. The van der Waals surface area contributed by atoms with Crippen molar-refractivity contribution >= 4 is 51.0 Å². The molecule has 1 aromatic carbocycles. The number of nitrogens with zero attached hydrogens (tertiary/aromatic N) is 4. The van der Waals surface area contributed by atoms with E-state index in [2.05, 4.69) is 48.6 Å². The van der Waals surface area contributed by atoms with Crippen molar-refractivity contribution in [3.05, 3.63) is 61.9 Å². The number of carbonyl (C=O) groups is 1. The molecular formula is C24H29BrFN7O2S. The fraction of sp³-hybridized carbons (Fsp3) is 0.375. The van der Waals surface area contributed by atoms with Gasteiger partial charge in [0, 0.05) is 47.6 Å². The van der Waals surface area contributed by atoms with Crippen molar-refractivity contribution in [1.82, 2.24) is 15.6 Å². The molecule has 0 radical (unpaired) electrons. The van der Waals surface area contributed by atoms with Gasteiger partial charge in [-0.2, -0.15) is 5.10 Å². The quantitative estimate of drug-likeness (QED) is 0.116. The smallest absolute Gasteiger partial charge is 0.338 e. The number of hydrogen-bond acceptors (Lipinski definition) is 10. The standard InChI is InChI=1S/C24H29BrFN7O2S/c1-3-5-8-28-12-16(33-27)13-29-14-19-20(24(34)35-4-2)21(17-7-6-15(26)11-18(17)25)32-22(31-19)23-30-9-10-36-23/h6-7,9-12,21,29H,3-5,8,13-14,27H2,1-2H3,(H,31,32)/b28-12?,33-16+. The highest BCUT2D eigenvalue weighted by Gasteiger charge is 2.33. The number of aliphatic imine (C=N–C) groups is 2. The second kappa shape index (κ2) is 14.0. The van der Waals surface area contributed by atoms with Crippen molar-refractivity contribution in [2.45, 2.75) is 32.7 Å². The van der Waals surface area contributed by atoms with E-state index in [1.54, 1.807) is 25.4 Å². The molecular weight excluding hydrogens is 549 g/mol. The lowest BCUT2D eigenvalue weighted by Crippen LogP contribution is -2.39. The van der Waals surface area contributed by atoms with Crippen LogP contribution in [0.25, 0.3) is 0 Å². The first-order valence-corrected chi connectivity index (χ1v) is 13.2. The molecule has 36 heavy (non-hydrogen) atoms. The maximum absolute atomic E-state index is 13.8. The summed E-state index contributed by atoms with van der Waals surface area (Å²) in [6.45, 7) is 5.33. The number of hydrazone groups is 1. The van der Waals surface area contributed by atoms with Crippen LogP contribution in [0, 0.1) is 5.82 Å². The Morgan fingerprint density at radius 3 is 2.92 bits per heavy atom. The van der Waals surface area contributed by atoms with Gasteiger partial charge in [-0.3, -0.25) is 9.98 Å². The van der Waals surface area contributed by atoms with E-state index in [4.69, 9.17) is 15.6 Å². The minimum Gasteiger partial charge on any atom is -0.463 e. The summed E-state index contributed by atoms with van der Waals surface area (Å²) in [5, 5.41) is 12.8. The molecule has 3 rings (SSSR count). The second-order valence-electron chi connectivity index (χ2n) is 7.73. The maximum atomic E-state index is 13.8. The molecule has 2 aromatic rings. The van der Waals surface area contributed by atoms with Crippen LogP contribution in [0.1, 0.15) is 43.3 Å². The number of nitrogens with one attached hydrogen (secondary N) is 2. The summed E-state index contributed by atoms with van der Waals surface area (Å²) < 4.78 is 19.7. The number of unbranched alkanes of at least 4 members (excludes halogenated alkanes) is 1. The average molecular weight is 579 g/mol. The van der Waals surface area contributed by atoms with Gasteiger partial charge in [0.05, 0.1) is 17.9 Å². The first kappa shape index (κ1) is 27.6.